The zero-order valence-corrected chi connectivity index (χ0v) is 12.7. The largest absolute Gasteiger partial charge is 0.482 e. The summed E-state index contributed by atoms with van der Waals surface area (Å²) in [4.78, 5) is 19.3. The van der Waals surface area contributed by atoms with Gasteiger partial charge in [-0.1, -0.05) is 31.5 Å². The molecule has 0 bridgehead atoms. The molecule has 0 saturated heterocycles. The smallest absolute Gasteiger partial charge is 0.265 e. The van der Waals surface area contributed by atoms with Crippen molar-refractivity contribution in [1.82, 2.24) is 9.97 Å². The summed E-state index contributed by atoms with van der Waals surface area (Å²) in [5.41, 5.74) is 1.81. The summed E-state index contributed by atoms with van der Waals surface area (Å²) >= 11 is 3.31. The van der Waals surface area contributed by atoms with E-state index in [1.165, 1.54) is 0 Å². The van der Waals surface area contributed by atoms with Crippen molar-refractivity contribution in [3.63, 3.8) is 0 Å². The lowest BCUT2D eigenvalue weighted by molar-refractivity contribution is 0.226. The summed E-state index contributed by atoms with van der Waals surface area (Å²) in [5.74, 6) is 1.48. The van der Waals surface area contributed by atoms with E-state index in [2.05, 4.69) is 32.8 Å². The lowest BCUT2D eigenvalue weighted by Crippen LogP contribution is -2.19. The van der Waals surface area contributed by atoms with Crippen molar-refractivity contribution in [2.24, 2.45) is 0 Å². The standard InChI is InChI=1S/C15H15BrN2O2/c1-2-5-10-13(16)15(19)18-14(17-10)12-8-9-6-3-4-7-11(9)20-12/h3-4,6-7,12H,2,5,8H2,1H3,(H,17,18,19). The van der Waals surface area contributed by atoms with Crippen LogP contribution in [-0.4, -0.2) is 9.97 Å². The Morgan fingerprint density at radius 3 is 3.00 bits per heavy atom. The van der Waals surface area contributed by atoms with Gasteiger partial charge >= 0.3 is 0 Å². The van der Waals surface area contributed by atoms with Gasteiger partial charge in [-0.25, -0.2) is 4.98 Å². The Hall–Kier alpha value is -1.62. The number of rotatable bonds is 3. The number of para-hydroxylation sites is 1. The van der Waals surface area contributed by atoms with Crippen LogP contribution in [0.1, 0.15) is 36.5 Å². The van der Waals surface area contributed by atoms with E-state index in [-0.39, 0.29) is 11.7 Å². The summed E-state index contributed by atoms with van der Waals surface area (Å²) in [6.07, 6.45) is 2.26. The summed E-state index contributed by atoms with van der Waals surface area (Å²) in [6.45, 7) is 2.07. The number of aromatic amines is 1. The molecule has 104 valence electrons. The Bertz CT molecular complexity index is 672. The Morgan fingerprint density at radius 1 is 1.45 bits per heavy atom. The van der Waals surface area contributed by atoms with Gasteiger partial charge in [-0.3, -0.25) is 4.79 Å². The molecular formula is C15H15BrN2O2. The third-order valence-corrected chi connectivity index (χ3v) is 4.21. The maximum absolute atomic E-state index is 12.0. The van der Waals surface area contributed by atoms with Crippen LogP contribution in [-0.2, 0) is 12.8 Å². The molecule has 5 heteroatoms. The van der Waals surface area contributed by atoms with E-state index >= 15 is 0 Å². The van der Waals surface area contributed by atoms with Crippen LogP contribution in [0.15, 0.2) is 33.5 Å². The fraction of sp³-hybridized carbons (Fsp3) is 0.333. The molecule has 0 radical (unpaired) electrons. The summed E-state index contributed by atoms with van der Waals surface area (Å²) < 4.78 is 6.40. The zero-order valence-electron chi connectivity index (χ0n) is 11.1. The van der Waals surface area contributed by atoms with Crippen molar-refractivity contribution in [3.8, 4) is 5.75 Å². The normalized spacial score (nSPS) is 16.8. The number of hydrogen-bond donors (Lipinski definition) is 1. The number of fused-ring (bicyclic) bond motifs is 1. The first-order valence-electron chi connectivity index (χ1n) is 6.72. The molecule has 1 N–H and O–H groups in total. The first kappa shape index (κ1) is 13.4. The zero-order chi connectivity index (χ0) is 14.1. The molecule has 2 aromatic rings. The summed E-state index contributed by atoms with van der Waals surface area (Å²) in [5, 5.41) is 0. The molecule has 1 aliphatic heterocycles. The topological polar surface area (TPSA) is 55.0 Å². The number of aromatic nitrogens is 2. The van der Waals surface area contributed by atoms with E-state index in [4.69, 9.17) is 4.74 Å². The highest BCUT2D eigenvalue weighted by Gasteiger charge is 2.26. The molecular weight excluding hydrogens is 320 g/mol. The highest BCUT2D eigenvalue weighted by Crippen LogP contribution is 2.35. The average molecular weight is 335 g/mol. The van der Waals surface area contributed by atoms with Gasteiger partial charge in [0.25, 0.3) is 5.56 Å². The van der Waals surface area contributed by atoms with Crippen LogP contribution in [0.3, 0.4) is 0 Å². The second-order valence-electron chi connectivity index (χ2n) is 4.88. The maximum atomic E-state index is 12.0. The van der Waals surface area contributed by atoms with Gasteiger partial charge in [0.2, 0.25) is 0 Å². The number of hydrogen-bond acceptors (Lipinski definition) is 3. The van der Waals surface area contributed by atoms with Crippen molar-refractivity contribution in [1.29, 1.82) is 0 Å². The van der Waals surface area contributed by atoms with Crippen LogP contribution in [0, 0.1) is 0 Å². The monoisotopic (exact) mass is 334 g/mol. The molecule has 0 saturated carbocycles. The SMILES string of the molecule is CCCc1nc(C2Cc3ccccc3O2)[nH]c(=O)c1Br. The molecule has 3 rings (SSSR count). The third-order valence-electron chi connectivity index (χ3n) is 3.39. The molecule has 4 nitrogen and oxygen atoms in total. The molecule has 1 atom stereocenters. The van der Waals surface area contributed by atoms with Gasteiger partial charge in [0.1, 0.15) is 10.2 Å². The van der Waals surface area contributed by atoms with Crippen molar-refractivity contribution < 1.29 is 4.74 Å². The Kier molecular flexibility index (Phi) is 3.61. The van der Waals surface area contributed by atoms with Crippen LogP contribution in [0.4, 0.5) is 0 Å². The predicted molar refractivity (Wildman–Crippen MR) is 80.1 cm³/mol. The van der Waals surface area contributed by atoms with Crippen LogP contribution >= 0.6 is 15.9 Å². The second kappa shape index (κ2) is 5.40. The molecule has 1 unspecified atom stereocenters. The molecule has 0 fully saturated rings. The molecule has 20 heavy (non-hydrogen) atoms. The minimum atomic E-state index is -0.205. The molecule has 0 spiro atoms. The highest BCUT2D eigenvalue weighted by atomic mass is 79.9. The molecule has 1 aliphatic rings. The van der Waals surface area contributed by atoms with Crippen LogP contribution < -0.4 is 10.3 Å². The van der Waals surface area contributed by atoms with Gasteiger partial charge in [0.05, 0.1) is 5.69 Å². The van der Waals surface area contributed by atoms with Gasteiger partial charge in [0, 0.05) is 6.42 Å². The summed E-state index contributed by atoms with van der Waals surface area (Å²) in [7, 11) is 0. The minimum absolute atomic E-state index is 0.141. The van der Waals surface area contributed by atoms with Crippen LogP contribution in [0.5, 0.6) is 5.75 Å². The van der Waals surface area contributed by atoms with E-state index in [0.29, 0.717) is 10.3 Å². The lowest BCUT2D eigenvalue weighted by Gasteiger charge is -2.12. The number of H-pyrrole nitrogens is 1. The van der Waals surface area contributed by atoms with Gasteiger partial charge in [-0.2, -0.15) is 0 Å². The van der Waals surface area contributed by atoms with Gasteiger partial charge in [-0.05, 0) is 34.0 Å². The van der Waals surface area contributed by atoms with Gasteiger partial charge in [-0.15, -0.1) is 0 Å². The van der Waals surface area contributed by atoms with Crippen molar-refractivity contribution in [2.45, 2.75) is 32.3 Å². The first-order valence-corrected chi connectivity index (χ1v) is 7.51. The van der Waals surface area contributed by atoms with Crippen molar-refractivity contribution in [3.05, 3.63) is 56.2 Å². The molecule has 1 aromatic carbocycles. The van der Waals surface area contributed by atoms with Gasteiger partial charge < -0.3 is 9.72 Å². The van der Waals surface area contributed by atoms with Crippen molar-refractivity contribution >= 4 is 15.9 Å². The van der Waals surface area contributed by atoms with Crippen molar-refractivity contribution in [2.75, 3.05) is 0 Å². The number of nitrogens with zero attached hydrogens (tertiary/aromatic N) is 1. The molecule has 2 heterocycles. The maximum Gasteiger partial charge on any atom is 0.265 e. The number of aryl methyl sites for hydroxylation is 1. The van der Waals surface area contributed by atoms with Crippen LogP contribution in [0.25, 0.3) is 0 Å². The second-order valence-corrected chi connectivity index (χ2v) is 5.67. The predicted octanol–water partition coefficient (Wildman–Crippen LogP) is 3.16. The molecule has 0 aliphatic carbocycles. The van der Waals surface area contributed by atoms with E-state index in [1.54, 1.807) is 0 Å². The van der Waals surface area contributed by atoms with E-state index in [0.717, 1.165) is 36.3 Å². The fourth-order valence-electron chi connectivity index (χ4n) is 2.41. The Balaban J connectivity index is 1.95. The quantitative estimate of drug-likeness (QED) is 0.937. The Labute approximate surface area is 125 Å². The summed E-state index contributed by atoms with van der Waals surface area (Å²) in [6, 6.07) is 7.92. The van der Waals surface area contributed by atoms with E-state index in [9.17, 15) is 4.79 Å². The number of benzene rings is 1. The number of ether oxygens (including phenoxy) is 1. The number of halogens is 1. The fourth-order valence-corrected chi connectivity index (χ4v) is 2.80. The minimum Gasteiger partial charge on any atom is -0.482 e. The van der Waals surface area contributed by atoms with Crippen LogP contribution in [0.2, 0.25) is 0 Å². The highest BCUT2D eigenvalue weighted by molar-refractivity contribution is 9.10. The van der Waals surface area contributed by atoms with E-state index < -0.39 is 0 Å². The van der Waals surface area contributed by atoms with E-state index in [1.807, 2.05) is 24.3 Å². The molecule has 1 aromatic heterocycles. The average Bonchev–Trinajstić information content (AvgIpc) is 2.87. The Morgan fingerprint density at radius 2 is 2.25 bits per heavy atom. The lowest BCUT2D eigenvalue weighted by atomic mass is 10.1. The third kappa shape index (κ3) is 2.38. The molecule has 0 amide bonds. The first-order chi connectivity index (χ1) is 9.69. The van der Waals surface area contributed by atoms with Gasteiger partial charge in [0.15, 0.2) is 11.9 Å². The number of nitrogens with one attached hydrogen (secondary N) is 1.